The predicted octanol–water partition coefficient (Wildman–Crippen LogP) is 4.26. The lowest BCUT2D eigenvalue weighted by Crippen LogP contribution is -1.95. The fourth-order valence-corrected chi connectivity index (χ4v) is 2.19. The summed E-state index contributed by atoms with van der Waals surface area (Å²) in [6.07, 6.45) is 2.69. The van der Waals surface area contributed by atoms with E-state index >= 15 is 0 Å². The van der Waals surface area contributed by atoms with E-state index in [2.05, 4.69) is 15.9 Å². The maximum absolute atomic E-state index is 10.4. The maximum atomic E-state index is 10.4. The molecule has 0 saturated heterocycles. The van der Waals surface area contributed by atoms with E-state index in [9.17, 15) is 4.79 Å². The molecule has 2 aromatic carbocycles. The third-order valence-electron chi connectivity index (χ3n) is 2.88. The second-order valence-corrected chi connectivity index (χ2v) is 5.35. The summed E-state index contributed by atoms with van der Waals surface area (Å²) in [6.45, 7) is 1.06. The van der Waals surface area contributed by atoms with Crippen LogP contribution < -0.4 is 0 Å². The first-order valence-electron chi connectivity index (χ1n) is 6.46. The molecule has 0 unspecified atom stereocenters. The van der Waals surface area contributed by atoms with Crippen molar-refractivity contribution in [2.45, 2.75) is 13.2 Å². The zero-order valence-electron chi connectivity index (χ0n) is 11.3. The van der Waals surface area contributed by atoms with Gasteiger partial charge in [0.25, 0.3) is 0 Å². The number of ether oxygens (including phenoxy) is 1. The van der Waals surface area contributed by atoms with Crippen LogP contribution in [0.25, 0.3) is 6.08 Å². The first-order chi connectivity index (χ1) is 10.1. The van der Waals surface area contributed by atoms with Crippen molar-refractivity contribution in [1.82, 2.24) is 0 Å². The summed E-state index contributed by atoms with van der Waals surface area (Å²) in [7, 11) is 0. The molecule has 3 nitrogen and oxygen atoms in total. The molecule has 2 rings (SSSR count). The molecule has 4 heteroatoms. The molecule has 0 spiro atoms. The van der Waals surface area contributed by atoms with Crippen LogP contribution in [0.5, 0.6) is 0 Å². The fraction of sp³-hybridized carbons (Fsp3) is 0.118. The number of carboxylic acids is 1. The lowest BCUT2D eigenvalue weighted by molar-refractivity contribution is -0.131. The molecular formula is C17H15BrO3. The maximum Gasteiger partial charge on any atom is 0.328 e. The fourth-order valence-electron chi connectivity index (χ4n) is 1.79. The third-order valence-corrected chi connectivity index (χ3v) is 3.66. The van der Waals surface area contributed by atoms with E-state index in [1.807, 2.05) is 48.5 Å². The van der Waals surface area contributed by atoms with E-state index in [1.165, 1.54) is 0 Å². The topological polar surface area (TPSA) is 46.5 Å². The second-order valence-electron chi connectivity index (χ2n) is 4.50. The van der Waals surface area contributed by atoms with Crippen molar-refractivity contribution in [3.8, 4) is 0 Å². The average Bonchev–Trinajstić information content (AvgIpc) is 2.48. The molecule has 0 saturated carbocycles. The van der Waals surface area contributed by atoms with Gasteiger partial charge >= 0.3 is 5.97 Å². The molecule has 0 bridgehead atoms. The lowest BCUT2D eigenvalue weighted by atomic mass is 10.1. The SMILES string of the molecule is O=C(O)/C=C/c1ccc(COCc2ccccc2Br)cc1. The number of carbonyl (C=O) groups is 1. The highest BCUT2D eigenvalue weighted by molar-refractivity contribution is 9.10. The lowest BCUT2D eigenvalue weighted by Gasteiger charge is -2.06. The van der Waals surface area contributed by atoms with Crippen molar-refractivity contribution < 1.29 is 14.6 Å². The summed E-state index contributed by atoms with van der Waals surface area (Å²) >= 11 is 3.49. The van der Waals surface area contributed by atoms with Gasteiger partial charge in [-0.2, -0.15) is 0 Å². The molecule has 0 amide bonds. The zero-order valence-corrected chi connectivity index (χ0v) is 12.9. The van der Waals surface area contributed by atoms with Crippen molar-refractivity contribution in [2.24, 2.45) is 0 Å². The highest BCUT2D eigenvalue weighted by Crippen LogP contribution is 2.17. The number of benzene rings is 2. The van der Waals surface area contributed by atoms with Crippen LogP contribution in [0.1, 0.15) is 16.7 Å². The Hall–Kier alpha value is -1.91. The molecule has 0 atom stereocenters. The largest absolute Gasteiger partial charge is 0.478 e. The molecule has 21 heavy (non-hydrogen) atoms. The Morgan fingerprint density at radius 1 is 1.10 bits per heavy atom. The summed E-state index contributed by atoms with van der Waals surface area (Å²) in [6, 6.07) is 15.6. The predicted molar refractivity (Wildman–Crippen MR) is 85.7 cm³/mol. The number of hydrogen-bond donors (Lipinski definition) is 1. The van der Waals surface area contributed by atoms with Gasteiger partial charge in [-0.25, -0.2) is 4.79 Å². The number of rotatable bonds is 6. The van der Waals surface area contributed by atoms with E-state index in [0.29, 0.717) is 13.2 Å². The highest BCUT2D eigenvalue weighted by Gasteiger charge is 1.99. The second kappa shape index (κ2) is 7.76. The van der Waals surface area contributed by atoms with Crippen LogP contribution in [-0.2, 0) is 22.7 Å². The molecular weight excluding hydrogens is 332 g/mol. The van der Waals surface area contributed by atoms with Crippen LogP contribution in [0.2, 0.25) is 0 Å². The minimum absolute atomic E-state index is 0.518. The van der Waals surface area contributed by atoms with Crippen molar-refractivity contribution in [1.29, 1.82) is 0 Å². The zero-order chi connectivity index (χ0) is 15.1. The first kappa shape index (κ1) is 15.5. The van der Waals surface area contributed by atoms with Gasteiger partial charge in [0.15, 0.2) is 0 Å². The minimum atomic E-state index is -0.948. The number of hydrogen-bond acceptors (Lipinski definition) is 2. The van der Waals surface area contributed by atoms with Gasteiger partial charge in [-0.3, -0.25) is 0 Å². The first-order valence-corrected chi connectivity index (χ1v) is 7.25. The quantitative estimate of drug-likeness (QED) is 0.794. The van der Waals surface area contributed by atoms with E-state index in [4.69, 9.17) is 9.84 Å². The molecule has 108 valence electrons. The summed E-state index contributed by atoms with van der Waals surface area (Å²) in [4.78, 5) is 10.4. The molecule has 0 aliphatic rings. The molecule has 0 heterocycles. The monoisotopic (exact) mass is 346 g/mol. The van der Waals surface area contributed by atoms with Crippen LogP contribution in [0.15, 0.2) is 59.1 Å². The Morgan fingerprint density at radius 2 is 1.81 bits per heavy atom. The van der Waals surface area contributed by atoms with Crippen molar-refractivity contribution in [3.63, 3.8) is 0 Å². The van der Waals surface area contributed by atoms with Crippen LogP contribution >= 0.6 is 15.9 Å². The number of aliphatic carboxylic acids is 1. The number of halogens is 1. The van der Waals surface area contributed by atoms with Crippen molar-refractivity contribution in [3.05, 3.63) is 75.8 Å². The summed E-state index contributed by atoms with van der Waals surface area (Å²) in [5.41, 5.74) is 3.01. The van der Waals surface area contributed by atoms with Gasteiger partial charge in [-0.15, -0.1) is 0 Å². The van der Waals surface area contributed by atoms with Crippen LogP contribution in [0, 0.1) is 0 Å². The molecule has 2 aromatic rings. The Balaban J connectivity index is 1.87. The van der Waals surface area contributed by atoms with E-state index in [-0.39, 0.29) is 0 Å². The Labute approximate surface area is 132 Å². The molecule has 1 N–H and O–H groups in total. The molecule has 0 aliphatic carbocycles. The van der Waals surface area contributed by atoms with Gasteiger partial charge in [-0.1, -0.05) is 58.4 Å². The van der Waals surface area contributed by atoms with E-state index in [1.54, 1.807) is 6.08 Å². The normalized spacial score (nSPS) is 10.9. The van der Waals surface area contributed by atoms with E-state index < -0.39 is 5.97 Å². The van der Waals surface area contributed by atoms with Crippen molar-refractivity contribution in [2.75, 3.05) is 0 Å². The minimum Gasteiger partial charge on any atom is -0.478 e. The van der Waals surface area contributed by atoms with E-state index in [0.717, 1.165) is 27.2 Å². The van der Waals surface area contributed by atoms with Crippen molar-refractivity contribution >= 4 is 28.0 Å². The summed E-state index contributed by atoms with van der Waals surface area (Å²) in [5.74, 6) is -0.948. The summed E-state index contributed by atoms with van der Waals surface area (Å²) < 4.78 is 6.72. The summed E-state index contributed by atoms with van der Waals surface area (Å²) in [5, 5.41) is 8.57. The van der Waals surface area contributed by atoms with Gasteiger partial charge < -0.3 is 9.84 Å². The molecule has 0 radical (unpaired) electrons. The smallest absolute Gasteiger partial charge is 0.328 e. The molecule has 0 fully saturated rings. The van der Waals surface area contributed by atoms with Gasteiger partial charge in [0, 0.05) is 10.5 Å². The average molecular weight is 347 g/mol. The molecule has 0 aromatic heterocycles. The Morgan fingerprint density at radius 3 is 2.48 bits per heavy atom. The van der Waals surface area contributed by atoms with Gasteiger partial charge in [0.05, 0.1) is 13.2 Å². The van der Waals surface area contributed by atoms with Gasteiger partial charge in [0.2, 0.25) is 0 Å². The highest BCUT2D eigenvalue weighted by atomic mass is 79.9. The Bertz CT molecular complexity index is 633. The van der Waals surface area contributed by atoms with Crippen LogP contribution in [0.4, 0.5) is 0 Å². The van der Waals surface area contributed by atoms with Crippen LogP contribution in [-0.4, -0.2) is 11.1 Å². The molecule has 0 aliphatic heterocycles. The third kappa shape index (κ3) is 5.17. The Kier molecular flexibility index (Phi) is 5.72. The van der Waals surface area contributed by atoms with Gasteiger partial charge in [-0.05, 0) is 28.8 Å². The van der Waals surface area contributed by atoms with Crippen LogP contribution in [0.3, 0.4) is 0 Å². The number of carboxylic acid groups (broad SMARTS) is 1. The standard InChI is InChI=1S/C17H15BrO3/c18-16-4-2-1-3-15(16)12-21-11-14-7-5-13(6-8-14)9-10-17(19)20/h1-10H,11-12H2,(H,19,20)/b10-9+. The van der Waals surface area contributed by atoms with Gasteiger partial charge in [0.1, 0.15) is 0 Å².